The number of halogens is 2. The summed E-state index contributed by atoms with van der Waals surface area (Å²) in [6.07, 6.45) is 0. The average Bonchev–Trinajstić information content (AvgIpc) is 3.27. The predicted octanol–water partition coefficient (Wildman–Crippen LogP) is 4.66. The number of hydrogen-bond acceptors (Lipinski definition) is 4. The quantitative estimate of drug-likeness (QED) is 0.639. The standard InChI is InChI=1S/C23H21ClFN3O3/c1-15(29)27-10-12-28(13-11-27)18-5-3-17(4-6-18)26-23(30)22-9-8-21(31-22)16-2-7-20(25)19(24)14-16/h2-9,14H,10-13H2,1H3,(H,26,30). The zero-order chi connectivity index (χ0) is 22.0. The number of anilines is 2. The second-order valence-corrected chi connectivity index (χ2v) is 7.69. The van der Waals surface area contributed by atoms with Crippen LogP contribution in [0.25, 0.3) is 11.3 Å². The molecule has 4 rings (SSSR count). The fourth-order valence-electron chi connectivity index (χ4n) is 3.49. The summed E-state index contributed by atoms with van der Waals surface area (Å²) in [5.41, 5.74) is 2.26. The minimum atomic E-state index is -0.515. The Morgan fingerprint density at radius 1 is 1.00 bits per heavy atom. The van der Waals surface area contributed by atoms with Crippen LogP contribution in [0.5, 0.6) is 0 Å². The third-order valence-corrected chi connectivity index (χ3v) is 5.54. The molecule has 1 aromatic heterocycles. The maximum Gasteiger partial charge on any atom is 0.291 e. The Hall–Kier alpha value is -3.32. The van der Waals surface area contributed by atoms with Crippen LogP contribution in [0.2, 0.25) is 5.02 Å². The van der Waals surface area contributed by atoms with E-state index in [4.69, 9.17) is 16.0 Å². The smallest absolute Gasteiger partial charge is 0.291 e. The van der Waals surface area contributed by atoms with Gasteiger partial charge in [-0.15, -0.1) is 0 Å². The summed E-state index contributed by atoms with van der Waals surface area (Å²) in [6, 6.07) is 15.0. The third kappa shape index (κ3) is 4.72. The summed E-state index contributed by atoms with van der Waals surface area (Å²) in [7, 11) is 0. The maximum atomic E-state index is 13.3. The fraction of sp³-hybridized carbons (Fsp3) is 0.217. The summed E-state index contributed by atoms with van der Waals surface area (Å²) >= 11 is 5.81. The normalized spacial score (nSPS) is 13.9. The first-order chi connectivity index (χ1) is 14.9. The van der Waals surface area contributed by atoms with E-state index in [9.17, 15) is 14.0 Å². The molecule has 160 valence electrons. The van der Waals surface area contributed by atoms with Crippen LogP contribution >= 0.6 is 11.6 Å². The highest BCUT2D eigenvalue weighted by molar-refractivity contribution is 6.31. The number of carbonyl (C=O) groups excluding carboxylic acids is 2. The van der Waals surface area contributed by atoms with E-state index in [1.165, 1.54) is 18.2 Å². The topological polar surface area (TPSA) is 65.8 Å². The zero-order valence-electron chi connectivity index (χ0n) is 16.9. The van der Waals surface area contributed by atoms with Gasteiger partial charge in [0.25, 0.3) is 5.91 Å². The van der Waals surface area contributed by atoms with E-state index < -0.39 is 5.82 Å². The maximum absolute atomic E-state index is 13.3. The molecule has 3 aromatic rings. The first kappa shape index (κ1) is 20.9. The molecule has 1 saturated heterocycles. The van der Waals surface area contributed by atoms with E-state index >= 15 is 0 Å². The molecule has 2 aromatic carbocycles. The van der Waals surface area contributed by atoms with Crippen molar-refractivity contribution in [1.82, 2.24) is 4.90 Å². The van der Waals surface area contributed by atoms with Crippen molar-refractivity contribution in [3.05, 3.63) is 71.2 Å². The summed E-state index contributed by atoms with van der Waals surface area (Å²) in [6.45, 7) is 4.54. The number of piperazine rings is 1. The van der Waals surface area contributed by atoms with E-state index in [1.54, 1.807) is 19.1 Å². The predicted molar refractivity (Wildman–Crippen MR) is 118 cm³/mol. The first-order valence-corrected chi connectivity index (χ1v) is 10.3. The lowest BCUT2D eigenvalue weighted by Crippen LogP contribution is -2.48. The van der Waals surface area contributed by atoms with Crippen LogP contribution in [-0.4, -0.2) is 42.9 Å². The van der Waals surface area contributed by atoms with Crippen molar-refractivity contribution in [3.8, 4) is 11.3 Å². The molecule has 31 heavy (non-hydrogen) atoms. The van der Waals surface area contributed by atoms with Gasteiger partial charge in [-0.1, -0.05) is 11.6 Å². The molecule has 0 saturated carbocycles. The van der Waals surface area contributed by atoms with Crippen LogP contribution in [0, 0.1) is 5.82 Å². The van der Waals surface area contributed by atoms with E-state index in [0.717, 1.165) is 18.8 Å². The molecule has 6 nitrogen and oxygen atoms in total. The fourth-order valence-corrected chi connectivity index (χ4v) is 3.67. The number of rotatable bonds is 4. The number of carbonyl (C=O) groups is 2. The Morgan fingerprint density at radius 2 is 1.71 bits per heavy atom. The van der Waals surface area contributed by atoms with Crippen LogP contribution in [0.3, 0.4) is 0 Å². The number of amides is 2. The molecule has 0 spiro atoms. The Bertz CT molecular complexity index is 1110. The van der Waals surface area contributed by atoms with Crippen LogP contribution in [0.15, 0.2) is 59.0 Å². The minimum absolute atomic E-state index is 0.0114. The van der Waals surface area contributed by atoms with Crippen molar-refractivity contribution in [3.63, 3.8) is 0 Å². The number of furan rings is 1. The van der Waals surface area contributed by atoms with Crippen LogP contribution in [0.4, 0.5) is 15.8 Å². The molecule has 0 aliphatic carbocycles. The summed E-state index contributed by atoms with van der Waals surface area (Å²) in [4.78, 5) is 28.0. The number of nitrogens with one attached hydrogen (secondary N) is 1. The van der Waals surface area contributed by atoms with Gasteiger partial charge in [-0.3, -0.25) is 9.59 Å². The molecule has 1 fully saturated rings. The Kier molecular flexibility index (Phi) is 5.95. The highest BCUT2D eigenvalue weighted by Gasteiger charge is 2.19. The monoisotopic (exact) mass is 441 g/mol. The highest BCUT2D eigenvalue weighted by Crippen LogP contribution is 2.27. The number of nitrogens with zero attached hydrogens (tertiary/aromatic N) is 2. The number of hydrogen-bond donors (Lipinski definition) is 1. The van der Waals surface area contributed by atoms with E-state index in [2.05, 4.69) is 10.2 Å². The second-order valence-electron chi connectivity index (χ2n) is 7.29. The SMILES string of the molecule is CC(=O)N1CCN(c2ccc(NC(=O)c3ccc(-c4ccc(F)c(Cl)c4)o3)cc2)CC1. The first-order valence-electron chi connectivity index (χ1n) is 9.88. The van der Waals surface area contributed by atoms with Crippen LogP contribution in [-0.2, 0) is 4.79 Å². The Balaban J connectivity index is 1.38. The van der Waals surface area contributed by atoms with Gasteiger partial charge in [0.2, 0.25) is 5.91 Å². The second kappa shape index (κ2) is 8.81. The van der Waals surface area contributed by atoms with Crippen molar-refractivity contribution in [2.75, 3.05) is 36.4 Å². The van der Waals surface area contributed by atoms with Gasteiger partial charge >= 0.3 is 0 Å². The minimum Gasteiger partial charge on any atom is -0.451 e. The lowest BCUT2D eigenvalue weighted by Gasteiger charge is -2.35. The van der Waals surface area contributed by atoms with Gasteiger partial charge < -0.3 is 19.5 Å². The van der Waals surface area contributed by atoms with Gasteiger partial charge in [-0.2, -0.15) is 0 Å². The molecule has 0 unspecified atom stereocenters. The van der Waals surface area contributed by atoms with Crippen molar-refractivity contribution < 1.29 is 18.4 Å². The largest absolute Gasteiger partial charge is 0.451 e. The van der Waals surface area contributed by atoms with Gasteiger partial charge in [0, 0.05) is 50.0 Å². The van der Waals surface area contributed by atoms with Gasteiger partial charge in [-0.25, -0.2) is 4.39 Å². The van der Waals surface area contributed by atoms with Gasteiger partial charge in [-0.05, 0) is 54.6 Å². The molecule has 0 radical (unpaired) electrons. The molecule has 1 N–H and O–H groups in total. The van der Waals surface area contributed by atoms with E-state index in [0.29, 0.717) is 30.1 Å². The van der Waals surface area contributed by atoms with Crippen LogP contribution in [0.1, 0.15) is 17.5 Å². The van der Waals surface area contributed by atoms with Crippen LogP contribution < -0.4 is 10.2 Å². The molecule has 1 aliphatic rings. The van der Waals surface area contributed by atoms with Crippen molar-refractivity contribution >= 4 is 34.8 Å². The van der Waals surface area contributed by atoms with E-state index in [-0.39, 0.29) is 22.6 Å². The lowest BCUT2D eigenvalue weighted by atomic mass is 10.2. The molecule has 2 heterocycles. The zero-order valence-corrected chi connectivity index (χ0v) is 17.7. The van der Waals surface area contributed by atoms with Crippen molar-refractivity contribution in [1.29, 1.82) is 0 Å². The number of benzene rings is 2. The summed E-state index contributed by atoms with van der Waals surface area (Å²) < 4.78 is 19.0. The van der Waals surface area contributed by atoms with E-state index in [1.807, 2.05) is 29.2 Å². The molecule has 1 aliphatic heterocycles. The highest BCUT2D eigenvalue weighted by atomic mass is 35.5. The molecule has 2 amide bonds. The van der Waals surface area contributed by atoms with Gasteiger partial charge in [0.05, 0.1) is 5.02 Å². The third-order valence-electron chi connectivity index (χ3n) is 5.25. The molecule has 0 bridgehead atoms. The van der Waals surface area contributed by atoms with Crippen molar-refractivity contribution in [2.24, 2.45) is 0 Å². The Labute approximate surface area is 184 Å². The summed E-state index contributed by atoms with van der Waals surface area (Å²) in [5.74, 6) is -0.241. The lowest BCUT2D eigenvalue weighted by molar-refractivity contribution is -0.129. The molecule has 8 heteroatoms. The molecule has 0 atom stereocenters. The molecular formula is C23H21ClFN3O3. The average molecular weight is 442 g/mol. The van der Waals surface area contributed by atoms with Gasteiger partial charge in [0.1, 0.15) is 11.6 Å². The van der Waals surface area contributed by atoms with Crippen molar-refractivity contribution in [2.45, 2.75) is 6.92 Å². The Morgan fingerprint density at radius 3 is 2.35 bits per heavy atom. The van der Waals surface area contributed by atoms with Gasteiger partial charge in [0.15, 0.2) is 5.76 Å². The molecular weight excluding hydrogens is 421 g/mol. The summed E-state index contributed by atoms with van der Waals surface area (Å²) in [5, 5.41) is 2.79.